The number of hydrogen-bond acceptors (Lipinski definition) is 2. The second-order valence-electron chi connectivity index (χ2n) is 3.67. The molecule has 1 aromatic carbocycles. The Morgan fingerprint density at radius 1 is 1.47 bits per heavy atom. The first-order chi connectivity index (χ1) is 6.90. The summed E-state index contributed by atoms with van der Waals surface area (Å²) in [5.41, 5.74) is 6.64. The molecule has 0 saturated heterocycles. The van der Waals surface area contributed by atoms with Crippen LogP contribution in [0, 0.1) is 6.92 Å². The van der Waals surface area contributed by atoms with Crippen LogP contribution in [0.1, 0.15) is 29.7 Å². The zero-order valence-corrected chi connectivity index (χ0v) is 8.80. The fourth-order valence-electron chi connectivity index (χ4n) is 1.63. The maximum Gasteiger partial charge on any atom is 0.296 e. The van der Waals surface area contributed by atoms with Crippen LogP contribution in [-0.2, 0) is 5.92 Å². The molecule has 0 amide bonds. The molecule has 4 heteroatoms. The molecule has 0 aromatic heterocycles. The van der Waals surface area contributed by atoms with Gasteiger partial charge in [-0.25, -0.2) is 0 Å². The van der Waals surface area contributed by atoms with E-state index < -0.39 is 12.5 Å². The quantitative estimate of drug-likeness (QED) is 0.811. The summed E-state index contributed by atoms with van der Waals surface area (Å²) in [6.07, 6.45) is 0. The summed E-state index contributed by atoms with van der Waals surface area (Å²) >= 11 is 0. The van der Waals surface area contributed by atoms with Gasteiger partial charge in [0.1, 0.15) is 6.61 Å². The highest BCUT2D eigenvalue weighted by Gasteiger charge is 2.32. The molecule has 1 atom stereocenters. The molecule has 3 N–H and O–H groups in total. The second-order valence-corrected chi connectivity index (χ2v) is 3.67. The predicted octanol–water partition coefficient (Wildman–Crippen LogP) is 2.10. The number of halogens is 2. The highest BCUT2D eigenvalue weighted by atomic mass is 19.3. The molecule has 15 heavy (non-hydrogen) atoms. The van der Waals surface area contributed by atoms with Crippen molar-refractivity contribution in [2.45, 2.75) is 25.8 Å². The van der Waals surface area contributed by atoms with Gasteiger partial charge in [-0.1, -0.05) is 18.2 Å². The summed E-state index contributed by atoms with van der Waals surface area (Å²) in [7, 11) is 0. The van der Waals surface area contributed by atoms with Gasteiger partial charge in [0.05, 0.1) is 0 Å². The molecule has 0 fully saturated rings. The molecule has 1 aromatic rings. The highest BCUT2D eigenvalue weighted by molar-refractivity contribution is 5.38. The van der Waals surface area contributed by atoms with E-state index in [4.69, 9.17) is 10.8 Å². The van der Waals surface area contributed by atoms with Gasteiger partial charge < -0.3 is 10.8 Å². The molecule has 84 valence electrons. The number of aliphatic hydroxyl groups is 1. The Morgan fingerprint density at radius 2 is 2.07 bits per heavy atom. The smallest absolute Gasteiger partial charge is 0.296 e. The molecule has 0 saturated carbocycles. The first-order valence-corrected chi connectivity index (χ1v) is 4.74. The molecule has 0 radical (unpaired) electrons. The van der Waals surface area contributed by atoms with Gasteiger partial charge in [-0.05, 0) is 25.0 Å². The fraction of sp³-hybridized carbons (Fsp3) is 0.455. The van der Waals surface area contributed by atoms with Crippen molar-refractivity contribution >= 4 is 0 Å². The normalized spacial score (nSPS) is 14.0. The van der Waals surface area contributed by atoms with E-state index in [2.05, 4.69) is 0 Å². The van der Waals surface area contributed by atoms with Gasteiger partial charge in [0.15, 0.2) is 0 Å². The number of aliphatic hydroxyl groups excluding tert-OH is 1. The van der Waals surface area contributed by atoms with Crippen LogP contribution in [0.15, 0.2) is 18.2 Å². The first-order valence-electron chi connectivity index (χ1n) is 4.74. The predicted molar refractivity (Wildman–Crippen MR) is 54.8 cm³/mol. The van der Waals surface area contributed by atoms with Crippen molar-refractivity contribution in [3.63, 3.8) is 0 Å². The van der Waals surface area contributed by atoms with Gasteiger partial charge in [0, 0.05) is 11.6 Å². The molecule has 0 spiro atoms. The van der Waals surface area contributed by atoms with E-state index in [0.29, 0.717) is 11.1 Å². The van der Waals surface area contributed by atoms with E-state index in [0.717, 1.165) is 0 Å². The van der Waals surface area contributed by atoms with Gasteiger partial charge >= 0.3 is 0 Å². The van der Waals surface area contributed by atoms with Crippen molar-refractivity contribution < 1.29 is 13.9 Å². The van der Waals surface area contributed by atoms with Crippen LogP contribution in [0.25, 0.3) is 0 Å². The number of benzene rings is 1. The Balaban J connectivity index is 3.27. The van der Waals surface area contributed by atoms with Crippen molar-refractivity contribution in [3.05, 3.63) is 34.9 Å². The zero-order valence-electron chi connectivity index (χ0n) is 8.80. The largest absolute Gasteiger partial charge is 0.390 e. The Morgan fingerprint density at radius 3 is 2.53 bits per heavy atom. The maximum atomic E-state index is 13.3. The summed E-state index contributed by atoms with van der Waals surface area (Å²) in [5.74, 6) is -3.20. The van der Waals surface area contributed by atoms with E-state index in [1.165, 1.54) is 12.1 Å². The minimum absolute atomic E-state index is 0.153. The lowest BCUT2D eigenvalue weighted by Gasteiger charge is -2.19. The monoisotopic (exact) mass is 215 g/mol. The van der Waals surface area contributed by atoms with E-state index in [-0.39, 0.29) is 11.6 Å². The molecular formula is C11H15F2NO. The molecule has 0 aliphatic heterocycles. The SMILES string of the molecule is Cc1c(C(C)N)cccc1C(F)(F)CO. The van der Waals surface area contributed by atoms with Crippen LogP contribution in [0.5, 0.6) is 0 Å². The van der Waals surface area contributed by atoms with Gasteiger partial charge in [-0.3, -0.25) is 0 Å². The Bertz CT molecular complexity index is 350. The summed E-state index contributed by atoms with van der Waals surface area (Å²) in [6, 6.07) is 4.28. The Kier molecular flexibility index (Phi) is 3.42. The summed E-state index contributed by atoms with van der Waals surface area (Å²) in [6.45, 7) is 2.15. The van der Waals surface area contributed by atoms with Crippen LogP contribution < -0.4 is 5.73 Å². The molecule has 1 unspecified atom stereocenters. The average molecular weight is 215 g/mol. The van der Waals surface area contributed by atoms with Crippen LogP contribution in [0.4, 0.5) is 8.78 Å². The van der Waals surface area contributed by atoms with Crippen molar-refractivity contribution in [2.75, 3.05) is 6.61 Å². The third kappa shape index (κ3) is 2.33. The van der Waals surface area contributed by atoms with Gasteiger partial charge in [-0.15, -0.1) is 0 Å². The van der Waals surface area contributed by atoms with Crippen molar-refractivity contribution in [3.8, 4) is 0 Å². The average Bonchev–Trinajstić information content (AvgIpc) is 2.17. The Hall–Kier alpha value is -1.00. The van der Waals surface area contributed by atoms with Crippen molar-refractivity contribution in [1.82, 2.24) is 0 Å². The Labute approximate surface area is 87.7 Å². The number of alkyl halides is 2. The summed E-state index contributed by atoms with van der Waals surface area (Å²) in [4.78, 5) is 0. The van der Waals surface area contributed by atoms with Crippen LogP contribution in [0.3, 0.4) is 0 Å². The highest BCUT2D eigenvalue weighted by Crippen LogP contribution is 2.32. The van der Waals surface area contributed by atoms with E-state index >= 15 is 0 Å². The molecule has 0 aliphatic carbocycles. The lowest BCUT2D eigenvalue weighted by molar-refractivity contribution is -0.0561. The fourth-order valence-corrected chi connectivity index (χ4v) is 1.63. The third-order valence-corrected chi connectivity index (χ3v) is 2.46. The maximum absolute atomic E-state index is 13.3. The molecule has 0 aliphatic rings. The molecule has 2 nitrogen and oxygen atoms in total. The second kappa shape index (κ2) is 4.24. The van der Waals surface area contributed by atoms with E-state index in [9.17, 15) is 8.78 Å². The molecule has 0 bridgehead atoms. The zero-order chi connectivity index (χ0) is 11.6. The van der Waals surface area contributed by atoms with Crippen molar-refractivity contribution in [2.24, 2.45) is 5.73 Å². The lowest BCUT2D eigenvalue weighted by atomic mass is 9.95. The first kappa shape index (κ1) is 12.1. The summed E-state index contributed by atoms with van der Waals surface area (Å²) < 4.78 is 26.6. The minimum Gasteiger partial charge on any atom is -0.390 e. The lowest BCUT2D eigenvalue weighted by Crippen LogP contribution is -2.21. The van der Waals surface area contributed by atoms with Crippen molar-refractivity contribution in [1.29, 1.82) is 0 Å². The van der Waals surface area contributed by atoms with Gasteiger partial charge in [-0.2, -0.15) is 8.78 Å². The molecule has 1 rings (SSSR count). The van der Waals surface area contributed by atoms with Gasteiger partial charge in [0.2, 0.25) is 0 Å². The topological polar surface area (TPSA) is 46.2 Å². The van der Waals surface area contributed by atoms with Crippen LogP contribution >= 0.6 is 0 Å². The van der Waals surface area contributed by atoms with Crippen LogP contribution in [-0.4, -0.2) is 11.7 Å². The number of nitrogens with two attached hydrogens (primary N) is 1. The third-order valence-electron chi connectivity index (χ3n) is 2.46. The molecular weight excluding hydrogens is 200 g/mol. The van der Waals surface area contributed by atoms with E-state index in [1.54, 1.807) is 19.9 Å². The summed E-state index contributed by atoms with van der Waals surface area (Å²) in [5, 5.41) is 8.62. The molecule has 0 heterocycles. The number of rotatable bonds is 3. The van der Waals surface area contributed by atoms with E-state index in [1.807, 2.05) is 0 Å². The van der Waals surface area contributed by atoms with Crippen LogP contribution in [0.2, 0.25) is 0 Å². The number of hydrogen-bond donors (Lipinski definition) is 2. The van der Waals surface area contributed by atoms with Gasteiger partial charge in [0.25, 0.3) is 5.92 Å². The minimum atomic E-state index is -3.20. The standard InChI is InChI=1S/C11H15F2NO/c1-7-9(8(2)14)4-3-5-10(7)11(12,13)6-15/h3-5,8,15H,6,14H2,1-2H3.